The van der Waals surface area contributed by atoms with E-state index in [1.165, 1.54) is 62.4 Å². The molecule has 0 saturated heterocycles. The molecule has 118 heavy (non-hydrogen) atoms. The third-order valence-electron chi connectivity index (χ3n) is 18.6. The SMILES string of the molecule is C[C@@H](O)[C@H](NC(=O)[C@H](CS)NC(=O)[C@@H](NC(=O)[C@H](CCCCN)NC(=O)[C@@H](Cc1c[nH]c2ccccc12)NC(=O)[C@H](Cc1ccccc1)NC(=O)[C@H](CS)NC(=O)[C@H](CCCNC(=N)N)NC(=O)[C@H](Cc1ccc(O)cc1)NC(=O)[C@H](CCCNC(=N)N)NC(=O)[C@H](Cc1ccc(O)cc1)NC(=O)[C@H](N)CCCNC(=N)N)[C@@H](C)O)C(N)=O. The van der Waals surface area contributed by atoms with Crippen molar-refractivity contribution in [2.24, 2.45) is 34.4 Å². The molecular formula is C76H112N24O16S2. The molecule has 1 aromatic heterocycles. The Morgan fingerprint density at radius 2 is 0.720 bits per heavy atom. The summed E-state index contributed by atoms with van der Waals surface area (Å²) in [5.41, 5.74) is 36.5. The lowest BCUT2D eigenvalue weighted by Crippen LogP contribution is -2.62. The molecule has 0 aliphatic rings. The van der Waals surface area contributed by atoms with Gasteiger partial charge in [-0.15, -0.1) is 0 Å². The van der Waals surface area contributed by atoms with E-state index in [-0.39, 0.29) is 120 Å². The average Bonchev–Trinajstić information content (AvgIpc) is 1.67. The highest BCUT2D eigenvalue weighted by Gasteiger charge is 2.38. The van der Waals surface area contributed by atoms with Gasteiger partial charge in [-0.2, -0.15) is 25.3 Å². The van der Waals surface area contributed by atoms with E-state index in [1.54, 1.807) is 60.8 Å². The van der Waals surface area contributed by atoms with Crippen molar-refractivity contribution in [3.8, 4) is 11.5 Å². The number of benzene rings is 4. The van der Waals surface area contributed by atoms with Crippen molar-refractivity contribution in [2.75, 3.05) is 37.7 Å². The van der Waals surface area contributed by atoms with E-state index < -0.39 is 173 Å². The van der Waals surface area contributed by atoms with Gasteiger partial charge in [-0.05, 0) is 131 Å². The van der Waals surface area contributed by atoms with Gasteiger partial charge in [-0.25, -0.2) is 0 Å². The third-order valence-corrected chi connectivity index (χ3v) is 19.3. The quantitative estimate of drug-likeness (QED) is 0.00747. The minimum absolute atomic E-state index is 0.0189. The lowest BCUT2D eigenvalue weighted by Gasteiger charge is -2.29. The monoisotopic (exact) mass is 1680 g/mol. The van der Waals surface area contributed by atoms with Gasteiger partial charge in [0.05, 0.1) is 18.2 Å². The molecule has 12 amide bonds. The summed E-state index contributed by atoms with van der Waals surface area (Å²) < 4.78 is 0. The number of aromatic hydroxyl groups is 2. The Hall–Kier alpha value is -12.0. The van der Waals surface area contributed by atoms with Crippen molar-refractivity contribution < 1.29 is 78.0 Å². The summed E-state index contributed by atoms with van der Waals surface area (Å²) in [6.45, 7) is 2.73. The second-order valence-electron chi connectivity index (χ2n) is 28.1. The van der Waals surface area contributed by atoms with Gasteiger partial charge < -0.3 is 134 Å². The highest BCUT2D eigenvalue weighted by Crippen LogP contribution is 2.21. The number of primary amides is 1. The maximum Gasteiger partial charge on any atom is 0.245 e. The van der Waals surface area contributed by atoms with E-state index in [0.717, 1.165) is 0 Å². The predicted molar refractivity (Wildman–Crippen MR) is 446 cm³/mol. The Balaban J connectivity index is 1.47. The lowest BCUT2D eigenvalue weighted by molar-refractivity contribution is -0.137. The summed E-state index contributed by atoms with van der Waals surface area (Å²) in [6, 6.07) is 8.25. The van der Waals surface area contributed by atoms with Gasteiger partial charge >= 0.3 is 0 Å². The van der Waals surface area contributed by atoms with Crippen LogP contribution in [0.4, 0.5) is 0 Å². The molecule has 0 unspecified atom stereocenters. The van der Waals surface area contributed by atoms with Gasteiger partial charge in [-0.1, -0.05) is 72.8 Å². The zero-order valence-corrected chi connectivity index (χ0v) is 67.2. The third kappa shape index (κ3) is 33.3. The molecule has 42 heteroatoms. The van der Waals surface area contributed by atoms with Crippen LogP contribution in [0.3, 0.4) is 0 Å². The van der Waals surface area contributed by atoms with Gasteiger partial charge in [0.25, 0.3) is 0 Å². The Morgan fingerprint density at radius 1 is 0.390 bits per heavy atom. The number of phenolic OH excluding ortho intramolecular Hbond substituents is 2. The van der Waals surface area contributed by atoms with Gasteiger partial charge in [0.15, 0.2) is 17.9 Å². The van der Waals surface area contributed by atoms with Crippen LogP contribution in [0.15, 0.2) is 109 Å². The van der Waals surface area contributed by atoms with Crippen molar-refractivity contribution in [3.05, 3.63) is 132 Å². The van der Waals surface area contributed by atoms with E-state index in [2.05, 4.69) is 105 Å². The van der Waals surface area contributed by atoms with Gasteiger partial charge in [0, 0.05) is 73.9 Å². The molecule has 0 aliphatic carbocycles. The Morgan fingerprint density at radius 3 is 1.14 bits per heavy atom. The first-order valence-electron chi connectivity index (χ1n) is 38.2. The number of aliphatic hydroxyl groups is 2. The molecule has 34 N–H and O–H groups in total. The molecule has 0 aliphatic heterocycles. The van der Waals surface area contributed by atoms with Crippen molar-refractivity contribution in [1.82, 2.24) is 79.4 Å². The molecule has 40 nitrogen and oxygen atoms in total. The number of hydrogen-bond acceptors (Lipinski definition) is 23. The minimum atomic E-state index is -1.80. The Kier molecular flexibility index (Phi) is 40.8. The van der Waals surface area contributed by atoms with Crippen LogP contribution in [-0.4, -0.2) is 237 Å². The number of hydrogen-bond donors (Lipinski definition) is 30. The van der Waals surface area contributed by atoms with E-state index in [9.17, 15) is 63.6 Å². The van der Waals surface area contributed by atoms with E-state index in [0.29, 0.717) is 46.0 Å². The van der Waals surface area contributed by atoms with Crippen LogP contribution in [-0.2, 0) is 83.2 Å². The van der Waals surface area contributed by atoms with Crippen LogP contribution < -0.4 is 109 Å². The number of para-hydroxylation sites is 1. The predicted octanol–water partition coefficient (Wildman–Crippen LogP) is -5.46. The maximum atomic E-state index is 15.2. The fraction of sp³-hybridized carbons (Fsp3) is 0.461. The van der Waals surface area contributed by atoms with Crippen molar-refractivity contribution in [1.29, 1.82) is 16.2 Å². The number of carbonyl (C=O) groups is 12. The molecule has 644 valence electrons. The molecular weight excluding hydrogens is 1570 g/mol. The summed E-state index contributed by atoms with van der Waals surface area (Å²) in [4.78, 5) is 175. The molecule has 14 atom stereocenters. The molecule has 0 bridgehead atoms. The number of aromatic nitrogens is 1. The molecule has 1 heterocycles. The summed E-state index contributed by atoms with van der Waals surface area (Å²) in [5, 5.41) is 101. The van der Waals surface area contributed by atoms with Crippen LogP contribution in [0.1, 0.15) is 93.9 Å². The number of unbranched alkanes of at least 4 members (excludes halogenated alkanes) is 1. The topological polar surface area (TPSA) is 698 Å². The summed E-state index contributed by atoms with van der Waals surface area (Å²) in [6.07, 6.45) is -1.97. The second kappa shape index (κ2) is 49.8. The van der Waals surface area contributed by atoms with Gasteiger partial charge in [-0.3, -0.25) is 73.8 Å². The fourth-order valence-electron chi connectivity index (χ4n) is 12.2. The first kappa shape index (κ1) is 96.6. The standard InChI is InChI=1S/C76H112N24O16S2/c1-40(101)60(62(79)105)99-72(115)59(39-118)98-73(116)61(41(2)102)100-66(109)51(18-8-9-29-77)90-70(113)57(36-45-37-89-50-17-7-6-15-48(45)50)96-69(112)55(33-42-13-4-3-5-14-42)95-71(114)58(38-117)97-65(108)53(20-12-32-88-76(84)85)92-68(111)56(35-44-23-27-47(104)28-24-44)94-64(107)52(19-11-31-87-75(82)83)91-67(110)54(34-43-21-25-46(103)26-22-43)93-63(106)49(78)16-10-30-86-74(80)81/h3-7,13-15,17,21-28,37,40-41,49,51-61,89,101-104,117-118H,8-12,16,18-20,29-36,38-39,77-78H2,1-2H3,(H2,79,105)(H,90,113)(H,91,110)(H,92,111)(H,93,106)(H,94,107)(H,95,114)(H,96,112)(H,97,108)(H,98,116)(H,99,115)(H,100,109)(H4,80,81,86)(H4,82,83,87)(H4,84,85,88)/t40-,41-,49-,51+,52+,53+,54+,55+,56+,57-,58+,59+,60+,61+/m1/s1. The number of rotatable bonds is 51. The molecule has 4 aromatic carbocycles. The maximum absolute atomic E-state index is 15.2. The molecule has 5 rings (SSSR count). The number of H-pyrrole nitrogens is 1. The molecule has 0 fully saturated rings. The van der Waals surface area contributed by atoms with Crippen molar-refractivity contribution in [2.45, 2.75) is 182 Å². The molecule has 0 spiro atoms. The molecule has 0 radical (unpaired) electrons. The second-order valence-corrected chi connectivity index (χ2v) is 28.8. The number of thiol groups is 2. The normalized spacial score (nSPS) is 14.6. The van der Waals surface area contributed by atoms with Gasteiger partial charge in [0.1, 0.15) is 78.0 Å². The molecule has 0 saturated carbocycles. The van der Waals surface area contributed by atoms with Gasteiger partial charge in [0.2, 0.25) is 70.9 Å². The zero-order valence-electron chi connectivity index (χ0n) is 65.5. The number of carbonyl (C=O) groups excluding carboxylic acids is 12. The number of nitrogens with one attached hydrogen (secondary N) is 18. The molecule has 5 aromatic rings. The Labute approximate surface area is 692 Å². The summed E-state index contributed by atoms with van der Waals surface area (Å²) in [5.74, 6) is -13.9. The highest BCUT2D eigenvalue weighted by atomic mass is 32.1. The minimum Gasteiger partial charge on any atom is -0.508 e. The van der Waals surface area contributed by atoms with E-state index >= 15 is 14.4 Å². The van der Waals surface area contributed by atoms with Crippen LogP contribution in [0.25, 0.3) is 10.9 Å². The highest BCUT2D eigenvalue weighted by molar-refractivity contribution is 7.80. The largest absolute Gasteiger partial charge is 0.508 e. The number of guanidine groups is 3. The van der Waals surface area contributed by atoms with Crippen molar-refractivity contribution in [3.63, 3.8) is 0 Å². The Bertz CT molecular complexity index is 4200. The fourth-order valence-corrected chi connectivity index (χ4v) is 12.7. The lowest BCUT2D eigenvalue weighted by atomic mass is 10.0. The number of phenols is 2. The first-order chi connectivity index (χ1) is 56.1. The number of fused-ring (bicyclic) bond motifs is 1. The van der Waals surface area contributed by atoms with Crippen LogP contribution >= 0.6 is 25.3 Å². The smallest absolute Gasteiger partial charge is 0.245 e. The zero-order chi connectivity index (χ0) is 87.1. The number of amides is 12. The summed E-state index contributed by atoms with van der Waals surface area (Å²) >= 11 is 8.58. The van der Waals surface area contributed by atoms with Crippen LogP contribution in [0.5, 0.6) is 11.5 Å². The number of nitrogens with two attached hydrogens (primary N) is 6. The number of aromatic amines is 1. The number of aliphatic hydroxyl groups excluding tert-OH is 2. The van der Waals surface area contributed by atoms with Crippen molar-refractivity contribution >= 4 is 125 Å². The van der Waals surface area contributed by atoms with Crippen LogP contribution in [0.2, 0.25) is 0 Å². The first-order valence-corrected chi connectivity index (χ1v) is 39.4. The average molecular weight is 1680 g/mol. The van der Waals surface area contributed by atoms with E-state index in [4.69, 9.17) is 50.6 Å². The van der Waals surface area contributed by atoms with Crippen LogP contribution in [0, 0.1) is 16.2 Å². The summed E-state index contributed by atoms with van der Waals surface area (Å²) in [7, 11) is 0. The van der Waals surface area contributed by atoms with E-state index in [1.807, 2.05) is 0 Å².